The van der Waals surface area contributed by atoms with Gasteiger partial charge in [-0.05, 0) is 25.5 Å². The summed E-state index contributed by atoms with van der Waals surface area (Å²) < 4.78 is 5.65. The van der Waals surface area contributed by atoms with Crippen LogP contribution in [0.3, 0.4) is 0 Å². The molecule has 2 rings (SSSR count). The second-order valence-electron chi connectivity index (χ2n) is 3.91. The lowest BCUT2D eigenvalue weighted by atomic mass is 10.1. The van der Waals surface area contributed by atoms with Crippen molar-refractivity contribution in [2.24, 2.45) is 0 Å². The molecule has 0 spiro atoms. The Bertz CT molecular complexity index is 514. The number of aryl methyl sites for hydroxylation is 2. The number of halogens is 1. The highest BCUT2D eigenvalue weighted by Crippen LogP contribution is 2.37. The normalized spacial score (nSPS) is 10.8. The molecule has 0 radical (unpaired) electrons. The van der Waals surface area contributed by atoms with Gasteiger partial charge in [-0.3, -0.25) is 0 Å². The number of aromatic hydroxyl groups is 1. The van der Waals surface area contributed by atoms with Crippen LogP contribution in [0.4, 0.5) is 0 Å². The molecule has 0 fully saturated rings. The Hall–Kier alpha value is -1.48. The predicted molar refractivity (Wildman–Crippen MR) is 67.3 cm³/mol. The summed E-state index contributed by atoms with van der Waals surface area (Å²) in [5, 5.41) is 10.3. The first-order valence-corrected chi connectivity index (χ1v) is 5.95. The molecule has 0 unspecified atom stereocenters. The van der Waals surface area contributed by atoms with Crippen LogP contribution in [-0.4, -0.2) is 10.1 Å². The zero-order chi connectivity index (χ0) is 12.4. The fourth-order valence-corrected chi connectivity index (χ4v) is 2.00. The molecule has 0 saturated carbocycles. The molecule has 2 aromatic rings. The number of aromatic nitrogens is 1. The Labute approximate surface area is 105 Å². The lowest BCUT2D eigenvalue weighted by molar-refractivity contribution is 0.468. The first-order chi connectivity index (χ1) is 8.13. The molecule has 0 aliphatic carbocycles. The van der Waals surface area contributed by atoms with Crippen LogP contribution in [0.1, 0.15) is 24.9 Å². The summed E-state index contributed by atoms with van der Waals surface area (Å²) in [7, 11) is 0. The van der Waals surface area contributed by atoms with Gasteiger partial charge in [0, 0.05) is 6.42 Å². The molecule has 1 aromatic carbocycles. The second-order valence-corrected chi connectivity index (χ2v) is 4.31. The van der Waals surface area contributed by atoms with Gasteiger partial charge in [0.15, 0.2) is 11.7 Å². The molecule has 4 heteroatoms. The predicted octanol–water partition coefficient (Wildman–Crippen LogP) is 3.96. The van der Waals surface area contributed by atoms with Crippen LogP contribution in [0, 0.1) is 6.92 Å². The van der Waals surface area contributed by atoms with Crippen molar-refractivity contribution in [3.8, 4) is 17.1 Å². The summed E-state index contributed by atoms with van der Waals surface area (Å²) in [6.45, 7) is 3.91. The second kappa shape index (κ2) is 4.80. The molecule has 0 aliphatic heterocycles. The third kappa shape index (κ3) is 2.29. The molecule has 1 heterocycles. The van der Waals surface area contributed by atoms with Crippen molar-refractivity contribution in [3.05, 3.63) is 34.8 Å². The molecular weight excluding hydrogens is 238 g/mol. The van der Waals surface area contributed by atoms with Gasteiger partial charge in [0.2, 0.25) is 0 Å². The van der Waals surface area contributed by atoms with Gasteiger partial charge < -0.3 is 9.52 Å². The van der Waals surface area contributed by atoms with Crippen LogP contribution in [0.5, 0.6) is 5.75 Å². The number of benzene rings is 1. The lowest BCUT2D eigenvalue weighted by Crippen LogP contribution is -1.82. The van der Waals surface area contributed by atoms with Crippen molar-refractivity contribution in [2.75, 3.05) is 0 Å². The van der Waals surface area contributed by atoms with Crippen LogP contribution in [0.2, 0.25) is 5.02 Å². The van der Waals surface area contributed by atoms with Gasteiger partial charge in [-0.2, -0.15) is 0 Å². The van der Waals surface area contributed by atoms with Crippen LogP contribution < -0.4 is 0 Å². The SMILES string of the molecule is CCCc1nc(C)c(-c2c(O)cccc2Cl)o1. The standard InChI is InChI=1S/C13H14ClNO2/c1-3-5-11-15-8(2)13(17-11)12-9(14)6-4-7-10(12)16/h4,6-7,16H,3,5H2,1-2H3. The van der Waals surface area contributed by atoms with Crippen molar-refractivity contribution >= 4 is 11.6 Å². The number of oxazole rings is 1. The van der Waals surface area contributed by atoms with E-state index in [-0.39, 0.29) is 5.75 Å². The highest BCUT2D eigenvalue weighted by molar-refractivity contribution is 6.33. The smallest absolute Gasteiger partial charge is 0.195 e. The highest BCUT2D eigenvalue weighted by atomic mass is 35.5. The molecule has 0 amide bonds. The van der Waals surface area contributed by atoms with E-state index >= 15 is 0 Å². The van der Waals surface area contributed by atoms with E-state index in [1.807, 2.05) is 6.92 Å². The summed E-state index contributed by atoms with van der Waals surface area (Å²) in [5.74, 6) is 1.34. The summed E-state index contributed by atoms with van der Waals surface area (Å²) in [6.07, 6.45) is 1.75. The van der Waals surface area contributed by atoms with Gasteiger partial charge in [0.25, 0.3) is 0 Å². The van der Waals surface area contributed by atoms with Crippen LogP contribution in [0.25, 0.3) is 11.3 Å². The maximum absolute atomic E-state index is 9.84. The first kappa shape index (κ1) is 12.0. The minimum absolute atomic E-state index is 0.111. The van der Waals surface area contributed by atoms with Gasteiger partial charge in [-0.25, -0.2) is 4.98 Å². The zero-order valence-electron chi connectivity index (χ0n) is 9.83. The topological polar surface area (TPSA) is 46.3 Å². The fraction of sp³-hybridized carbons (Fsp3) is 0.308. The molecule has 90 valence electrons. The quantitative estimate of drug-likeness (QED) is 0.898. The van der Waals surface area contributed by atoms with Gasteiger partial charge in [-0.1, -0.05) is 24.6 Å². The van der Waals surface area contributed by atoms with Gasteiger partial charge in [0.05, 0.1) is 16.3 Å². The van der Waals surface area contributed by atoms with Crippen molar-refractivity contribution < 1.29 is 9.52 Å². The van der Waals surface area contributed by atoms with E-state index in [1.54, 1.807) is 18.2 Å². The summed E-state index contributed by atoms with van der Waals surface area (Å²) in [6, 6.07) is 5.00. The van der Waals surface area contributed by atoms with E-state index in [0.717, 1.165) is 18.5 Å². The summed E-state index contributed by atoms with van der Waals surface area (Å²) in [5.41, 5.74) is 1.26. The molecular formula is C13H14ClNO2. The third-order valence-electron chi connectivity index (χ3n) is 2.52. The van der Waals surface area contributed by atoms with E-state index in [4.69, 9.17) is 16.0 Å². The molecule has 3 nitrogen and oxygen atoms in total. The van der Waals surface area contributed by atoms with Crippen molar-refractivity contribution in [2.45, 2.75) is 26.7 Å². The Kier molecular flexibility index (Phi) is 3.38. The maximum Gasteiger partial charge on any atom is 0.195 e. The molecule has 0 saturated heterocycles. The van der Waals surface area contributed by atoms with Crippen LogP contribution in [-0.2, 0) is 6.42 Å². The van der Waals surface area contributed by atoms with Crippen molar-refractivity contribution in [3.63, 3.8) is 0 Å². The lowest BCUT2D eigenvalue weighted by Gasteiger charge is -2.03. The Morgan fingerprint density at radius 3 is 2.82 bits per heavy atom. The zero-order valence-corrected chi connectivity index (χ0v) is 10.6. The molecule has 0 atom stereocenters. The number of phenols is 1. The first-order valence-electron chi connectivity index (χ1n) is 5.57. The summed E-state index contributed by atoms with van der Waals surface area (Å²) in [4.78, 5) is 4.32. The molecule has 1 N–H and O–H groups in total. The van der Waals surface area contributed by atoms with E-state index in [9.17, 15) is 5.11 Å². The number of hydrogen-bond acceptors (Lipinski definition) is 3. The average molecular weight is 252 g/mol. The number of hydrogen-bond donors (Lipinski definition) is 1. The largest absolute Gasteiger partial charge is 0.507 e. The highest BCUT2D eigenvalue weighted by Gasteiger charge is 2.17. The average Bonchev–Trinajstić information content (AvgIpc) is 2.60. The minimum atomic E-state index is 0.111. The van der Waals surface area contributed by atoms with Crippen molar-refractivity contribution in [1.82, 2.24) is 4.98 Å². The monoisotopic (exact) mass is 251 g/mol. The van der Waals surface area contributed by atoms with Crippen LogP contribution >= 0.6 is 11.6 Å². The Balaban J connectivity index is 2.52. The van der Waals surface area contributed by atoms with Gasteiger partial charge >= 0.3 is 0 Å². The molecule has 1 aromatic heterocycles. The van der Waals surface area contributed by atoms with Gasteiger partial charge in [-0.15, -0.1) is 0 Å². The summed E-state index contributed by atoms with van der Waals surface area (Å²) >= 11 is 6.07. The van der Waals surface area contributed by atoms with Gasteiger partial charge in [0.1, 0.15) is 5.75 Å². The molecule has 0 aliphatic rings. The van der Waals surface area contributed by atoms with E-state index in [0.29, 0.717) is 22.2 Å². The number of nitrogens with zero attached hydrogens (tertiary/aromatic N) is 1. The number of phenolic OH excluding ortho intramolecular Hbond substituents is 1. The molecule has 17 heavy (non-hydrogen) atoms. The number of rotatable bonds is 3. The minimum Gasteiger partial charge on any atom is -0.507 e. The third-order valence-corrected chi connectivity index (χ3v) is 2.84. The van der Waals surface area contributed by atoms with E-state index < -0.39 is 0 Å². The van der Waals surface area contributed by atoms with E-state index in [2.05, 4.69) is 11.9 Å². The Morgan fingerprint density at radius 1 is 1.41 bits per heavy atom. The Morgan fingerprint density at radius 2 is 2.18 bits per heavy atom. The van der Waals surface area contributed by atoms with Crippen molar-refractivity contribution in [1.29, 1.82) is 0 Å². The van der Waals surface area contributed by atoms with Crippen LogP contribution in [0.15, 0.2) is 22.6 Å². The molecule has 0 bridgehead atoms. The fourth-order valence-electron chi connectivity index (χ4n) is 1.74. The van der Waals surface area contributed by atoms with E-state index in [1.165, 1.54) is 0 Å². The maximum atomic E-state index is 9.84.